The Morgan fingerprint density at radius 1 is 1.00 bits per heavy atom. The fourth-order valence-electron chi connectivity index (χ4n) is 5.21. The molecule has 0 unspecified atom stereocenters. The first kappa shape index (κ1) is 21.2. The van der Waals surface area contributed by atoms with E-state index < -0.39 is 0 Å². The summed E-state index contributed by atoms with van der Waals surface area (Å²) in [6, 6.07) is 9.20. The summed E-state index contributed by atoms with van der Waals surface area (Å²) in [4.78, 5) is 12.2. The Hall–Kier alpha value is -2.03. The third-order valence-electron chi connectivity index (χ3n) is 7.49. The maximum atomic E-state index is 12.2. The quantitative estimate of drug-likeness (QED) is 0.589. The van der Waals surface area contributed by atoms with Gasteiger partial charge in [0.2, 0.25) is 0 Å². The number of primary amides is 1. The number of hydrogen-bond donors (Lipinski definition) is 1. The molecule has 0 atom stereocenters. The number of nitrogens with zero attached hydrogens (tertiary/aromatic N) is 1. The van der Waals surface area contributed by atoms with Crippen molar-refractivity contribution >= 4 is 5.91 Å². The lowest BCUT2D eigenvalue weighted by Gasteiger charge is -2.29. The van der Waals surface area contributed by atoms with Crippen LogP contribution in [0.3, 0.4) is 0 Å². The number of hydrogen-bond acceptors (Lipinski definition) is 1. The van der Waals surface area contributed by atoms with E-state index in [1.807, 2.05) is 6.07 Å². The molecule has 2 aromatic rings. The lowest BCUT2D eigenvalue weighted by atomic mass is 9.76. The van der Waals surface area contributed by atoms with E-state index in [4.69, 9.17) is 5.73 Å². The molecule has 2 aliphatic rings. The normalized spacial score (nSPS) is 18.4. The van der Waals surface area contributed by atoms with Crippen LogP contribution in [0.2, 0.25) is 0 Å². The number of benzene rings is 1. The molecule has 2 N–H and O–H groups in total. The average Bonchev–Trinajstić information content (AvgIpc) is 2.97. The highest BCUT2D eigenvalue weighted by Crippen LogP contribution is 2.41. The summed E-state index contributed by atoms with van der Waals surface area (Å²) in [7, 11) is 0. The summed E-state index contributed by atoms with van der Waals surface area (Å²) in [6.07, 6.45) is 10.5. The fourth-order valence-corrected chi connectivity index (χ4v) is 5.21. The molecule has 0 spiro atoms. The fraction of sp³-hybridized carbons (Fsp3) is 0.593. The Morgan fingerprint density at radius 3 is 2.27 bits per heavy atom. The highest BCUT2D eigenvalue weighted by atomic mass is 16.1. The van der Waals surface area contributed by atoms with Gasteiger partial charge in [-0.25, -0.2) is 0 Å². The lowest BCUT2D eigenvalue weighted by Crippen LogP contribution is -2.18. The molecule has 0 radical (unpaired) electrons. The first-order valence-corrected chi connectivity index (χ1v) is 11.9. The van der Waals surface area contributed by atoms with Crippen LogP contribution in [0.15, 0.2) is 24.3 Å². The van der Waals surface area contributed by atoms with E-state index in [1.54, 1.807) is 0 Å². The zero-order valence-electron chi connectivity index (χ0n) is 19.3. The Balaban J connectivity index is 1.82. The summed E-state index contributed by atoms with van der Waals surface area (Å²) in [6.45, 7) is 9.92. The largest absolute Gasteiger partial charge is 0.366 e. The minimum absolute atomic E-state index is 0.0941. The van der Waals surface area contributed by atoms with E-state index in [0.717, 1.165) is 12.2 Å². The molecule has 162 valence electrons. The van der Waals surface area contributed by atoms with Gasteiger partial charge in [0.05, 0.1) is 5.56 Å². The smallest absolute Gasteiger partial charge is 0.250 e. The second kappa shape index (κ2) is 8.24. The van der Waals surface area contributed by atoms with Crippen LogP contribution in [-0.4, -0.2) is 10.5 Å². The van der Waals surface area contributed by atoms with E-state index >= 15 is 0 Å². The van der Waals surface area contributed by atoms with Gasteiger partial charge in [-0.1, -0.05) is 52.5 Å². The van der Waals surface area contributed by atoms with Crippen LogP contribution in [0.5, 0.6) is 0 Å². The lowest BCUT2D eigenvalue weighted by molar-refractivity contribution is 0.0999. The Morgan fingerprint density at radius 2 is 1.70 bits per heavy atom. The predicted molar refractivity (Wildman–Crippen MR) is 125 cm³/mol. The van der Waals surface area contributed by atoms with Gasteiger partial charge < -0.3 is 10.3 Å². The molecular weight excluding hydrogens is 368 g/mol. The highest BCUT2D eigenvalue weighted by molar-refractivity contribution is 5.95. The van der Waals surface area contributed by atoms with Gasteiger partial charge in [-0.3, -0.25) is 4.79 Å². The molecule has 0 bridgehead atoms. The van der Waals surface area contributed by atoms with Gasteiger partial charge in [-0.2, -0.15) is 0 Å². The minimum atomic E-state index is -0.317. The molecule has 2 aliphatic carbocycles. The molecule has 0 aliphatic heterocycles. The molecule has 1 aromatic heterocycles. The maximum absolute atomic E-state index is 12.2. The van der Waals surface area contributed by atoms with E-state index in [0.29, 0.717) is 17.4 Å². The highest BCUT2D eigenvalue weighted by Gasteiger charge is 2.26. The zero-order valence-corrected chi connectivity index (χ0v) is 19.3. The number of carbonyl (C=O) groups is 1. The van der Waals surface area contributed by atoms with Gasteiger partial charge in [-0.05, 0) is 84.7 Å². The molecule has 1 aromatic carbocycles. The predicted octanol–water partition coefficient (Wildman–Crippen LogP) is 6.71. The molecule has 3 heteroatoms. The van der Waals surface area contributed by atoms with Gasteiger partial charge in [-0.15, -0.1) is 0 Å². The van der Waals surface area contributed by atoms with Crippen molar-refractivity contribution in [1.29, 1.82) is 0 Å². The first-order chi connectivity index (χ1) is 14.2. The van der Waals surface area contributed by atoms with Crippen LogP contribution in [0.1, 0.15) is 105 Å². The third kappa shape index (κ3) is 4.22. The van der Waals surface area contributed by atoms with Crippen LogP contribution in [-0.2, 0) is 12.0 Å². The maximum Gasteiger partial charge on any atom is 0.250 e. The average molecular weight is 407 g/mol. The van der Waals surface area contributed by atoms with Crippen molar-refractivity contribution in [3.63, 3.8) is 0 Å². The van der Waals surface area contributed by atoms with Crippen LogP contribution in [0, 0.1) is 12.8 Å². The van der Waals surface area contributed by atoms with Crippen LogP contribution >= 0.6 is 0 Å². The van der Waals surface area contributed by atoms with Crippen LogP contribution in [0.4, 0.5) is 0 Å². The number of amides is 1. The van der Waals surface area contributed by atoms with E-state index in [1.165, 1.54) is 73.8 Å². The standard InChI is InChI=1S/C27H38N2O/c1-18-24(26(28)30)16-25(29(18)17-19-9-6-5-7-10-19)22-13-21(20-11-8-12-20)14-23(15-22)27(2,3)4/h13-16,19-20H,5-12,17H2,1-4H3,(H2,28,30). The van der Waals surface area contributed by atoms with Gasteiger partial charge in [0.25, 0.3) is 5.91 Å². The molecule has 1 amide bonds. The van der Waals surface area contributed by atoms with Crippen molar-refractivity contribution in [3.05, 3.63) is 46.6 Å². The molecule has 30 heavy (non-hydrogen) atoms. The minimum Gasteiger partial charge on any atom is -0.366 e. The van der Waals surface area contributed by atoms with Crippen molar-refractivity contribution in [3.8, 4) is 11.3 Å². The number of carbonyl (C=O) groups excluding carboxylic acids is 1. The molecular formula is C27H38N2O. The Bertz CT molecular complexity index is 921. The van der Waals surface area contributed by atoms with E-state index in [-0.39, 0.29) is 11.3 Å². The number of aromatic nitrogens is 1. The van der Waals surface area contributed by atoms with Crippen molar-refractivity contribution in [2.75, 3.05) is 0 Å². The summed E-state index contributed by atoms with van der Waals surface area (Å²) in [5, 5.41) is 0. The van der Waals surface area contributed by atoms with Gasteiger partial charge in [0.15, 0.2) is 0 Å². The molecule has 1 heterocycles. The van der Waals surface area contributed by atoms with E-state index in [9.17, 15) is 4.79 Å². The van der Waals surface area contributed by atoms with Crippen molar-refractivity contribution in [2.24, 2.45) is 11.7 Å². The summed E-state index contributed by atoms with van der Waals surface area (Å²) in [5.74, 6) is 1.06. The SMILES string of the molecule is Cc1c(C(N)=O)cc(-c2cc(C3CCC3)cc(C(C)(C)C)c2)n1CC1CCCCC1. The Labute approximate surface area is 182 Å². The van der Waals surface area contributed by atoms with Crippen molar-refractivity contribution < 1.29 is 4.79 Å². The molecule has 2 saturated carbocycles. The second-order valence-corrected chi connectivity index (χ2v) is 10.7. The van der Waals surface area contributed by atoms with Gasteiger partial charge in [0.1, 0.15) is 0 Å². The molecule has 2 fully saturated rings. The summed E-state index contributed by atoms with van der Waals surface area (Å²) < 4.78 is 2.39. The summed E-state index contributed by atoms with van der Waals surface area (Å²) in [5.41, 5.74) is 12.8. The third-order valence-corrected chi connectivity index (χ3v) is 7.49. The van der Waals surface area contributed by atoms with Gasteiger partial charge in [0, 0.05) is 17.9 Å². The molecule has 3 nitrogen and oxygen atoms in total. The monoisotopic (exact) mass is 406 g/mol. The van der Waals surface area contributed by atoms with Gasteiger partial charge >= 0.3 is 0 Å². The van der Waals surface area contributed by atoms with Crippen molar-refractivity contribution in [2.45, 2.75) is 96.9 Å². The zero-order chi connectivity index (χ0) is 21.5. The number of nitrogens with two attached hydrogens (primary N) is 1. The van der Waals surface area contributed by atoms with Crippen LogP contribution in [0.25, 0.3) is 11.3 Å². The first-order valence-electron chi connectivity index (χ1n) is 11.9. The topological polar surface area (TPSA) is 48.0 Å². The molecule has 0 saturated heterocycles. The van der Waals surface area contributed by atoms with E-state index in [2.05, 4.69) is 50.5 Å². The van der Waals surface area contributed by atoms with Crippen molar-refractivity contribution in [1.82, 2.24) is 4.57 Å². The molecule has 4 rings (SSSR count). The second-order valence-electron chi connectivity index (χ2n) is 10.7. The number of rotatable bonds is 5. The summed E-state index contributed by atoms with van der Waals surface area (Å²) >= 11 is 0. The Kier molecular flexibility index (Phi) is 5.83. The van der Waals surface area contributed by atoms with Crippen LogP contribution < -0.4 is 5.73 Å².